The summed E-state index contributed by atoms with van der Waals surface area (Å²) in [6, 6.07) is 1.48. The number of aromatic nitrogens is 1. The van der Waals surface area contributed by atoms with Gasteiger partial charge in [-0.25, -0.2) is 0 Å². The molecule has 2 N–H and O–H groups in total. The van der Waals surface area contributed by atoms with Gasteiger partial charge in [-0.15, -0.1) is 0 Å². The van der Waals surface area contributed by atoms with Crippen LogP contribution in [-0.2, 0) is 6.42 Å². The van der Waals surface area contributed by atoms with Gasteiger partial charge < -0.3 is 5.73 Å². The van der Waals surface area contributed by atoms with Crippen molar-refractivity contribution in [2.45, 2.75) is 12.8 Å². The molecule has 0 unspecified atom stereocenters. The van der Waals surface area contributed by atoms with Crippen LogP contribution < -0.4 is 5.73 Å². The van der Waals surface area contributed by atoms with Gasteiger partial charge in [0.1, 0.15) is 5.69 Å². The molecule has 0 saturated heterocycles. The smallest absolute Gasteiger partial charge is 0.267 e. The van der Waals surface area contributed by atoms with Crippen molar-refractivity contribution < 1.29 is 9.59 Å². The van der Waals surface area contributed by atoms with Gasteiger partial charge in [0.2, 0.25) is 0 Å². The van der Waals surface area contributed by atoms with Crippen molar-refractivity contribution in [3.63, 3.8) is 0 Å². The van der Waals surface area contributed by atoms with Gasteiger partial charge >= 0.3 is 0 Å². The normalized spacial score (nSPS) is 14.3. The van der Waals surface area contributed by atoms with Crippen molar-refractivity contribution in [2.75, 3.05) is 0 Å². The number of pyridine rings is 1. The van der Waals surface area contributed by atoms with E-state index in [1.54, 1.807) is 6.20 Å². The summed E-state index contributed by atoms with van der Waals surface area (Å²) >= 11 is 0. The molecule has 0 aliphatic heterocycles. The van der Waals surface area contributed by atoms with Crippen molar-refractivity contribution >= 4 is 11.7 Å². The summed E-state index contributed by atoms with van der Waals surface area (Å²) in [6.07, 6.45) is 2.79. The van der Waals surface area contributed by atoms with Gasteiger partial charge in [-0.1, -0.05) is 0 Å². The first-order valence-electron chi connectivity index (χ1n) is 4.00. The zero-order chi connectivity index (χ0) is 9.42. The molecule has 13 heavy (non-hydrogen) atoms. The summed E-state index contributed by atoms with van der Waals surface area (Å²) in [5, 5.41) is 0. The summed E-state index contributed by atoms with van der Waals surface area (Å²) in [7, 11) is 0. The maximum atomic E-state index is 11.3. The Labute approximate surface area is 74.8 Å². The van der Waals surface area contributed by atoms with Crippen molar-refractivity contribution in [1.82, 2.24) is 4.98 Å². The number of amides is 1. The predicted molar refractivity (Wildman–Crippen MR) is 45.4 cm³/mol. The monoisotopic (exact) mass is 176 g/mol. The van der Waals surface area contributed by atoms with Crippen LogP contribution >= 0.6 is 0 Å². The summed E-state index contributed by atoms with van der Waals surface area (Å²) < 4.78 is 0. The number of primary amides is 1. The maximum absolute atomic E-state index is 11.3. The molecule has 1 heterocycles. The Balaban J connectivity index is 2.54. The topological polar surface area (TPSA) is 73.1 Å². The van der Waals surface area contributed by atoms with E-state index in [0.29, 0.717) is 12.0 Å². The van der Waals surface area contributed by atoms with Crippen molar-refractivity contribution in [1.29, 1.82) is 0 Å². The Morgan fingerprint density at radius 2 is 2.23 bits per heavy atom. The number of rotatable bonds is 1. The lowest BCUT2D eigenvalue weighted by atomic mass is 10.1. The third-order valence-electron chi connectivity index (χ3n) is 2.16. The van der Waals surface area contributed by atoms with E-state index in [4.69, 9.17) is 5.73 Å². The van der Waals surface area contributed by atoms with Crippen LogP contribution in [0.25, 0.3) is 0 Å². The minimum atomic E-state index is -0.595. The van der Waals surface area contributed by atoms with Gasteiger partial charge in [-0.3, -0.25) is 14.6 Å². The number of Topliss-reactive ketones (excluding diaryl/α,β-unsaturated/α-hetero) is 1. The average molecular weight is 176 g/mol. The van der Waals surface area contributed by atoms with Crippen LogP contribution in [-0.4, -0.2) is 16.7 Å². The maximum Gasteiger partial charge on any atom is 0.267 e. The first-order chi connectivity index (χ1) is 6.18. The van der Waals surface area contributed by atoms with Crippen LogP contribution in [0.3, 0.4) is 0 Å². The largest absolute Gasteiger partial charge is 0.364 e. The van der Waals surface area contributed by atoms with E-state index in [2.05, 4.69) is 4.98 Å². The molecule has 1 amide bonds. The lowest BCUT2D eigenvalue weighted by Gasteiger charge is -1.98. The highest BCUT2D eigenvalue weighted by molar-refractivity contribution is 6.02. The van der Waals surface area contributed by atoms with Crippen molar-refractivity contribution in [3.05, 3.63) is 29.1 Å². The second-order valence-electron chi connectivity index (χ2n) is 3.01. The summed E-state index contributed by atoms with van der Waals surface area (Å²) in [5.74, 6) is -0.526. The molecule has 0 radical (unpaired) electrons. The molecule has 4 heteroatoms. The lowest BCUT2D eigenvalue weighted by Crippen LogP contribution is -2.13. The van der Waals surface area contributed by atoms with Gasteiger partial charge in [-0.05, 0) is 18.1 Å². The molecular formula is C9H8N2O2. The van der Waals surface area contributed by atoms with Gasteiger partial charge in [0.05, 0.1) is 0 Å². The molecule has 1 aliphatic rings. The number of carbonyl (C=O) groups excluding carboxylic acids is 2. The Morgan fingerprint density at radius 1 is 1.46 bits per heavy atom. The molecule has 1 aromatic heterocycles. The van der Waals surface area contributed by atoms with E-state index in [-0.39, 0.29) is 11.5 Å². The number of hydrogen-bond acceptors (Lipinski definition) is 3. The summed E-state index contributed by atoms with van der Waals surface area (Å²) in [4.78, 5) is 25.9. The third kappa shape index (κ3) is 1.20. The van der Waals surface area contributed by atoms with E-state index >= 15 is 0 Å². The standard InChI is InChI=1S/C9H8N2O2/c10-9(13)7-3-6-5(4-11-7)1-2-8(6)12/h3-4H,1-2H2,(H2,10,13). The van der Waals surface area contributed by atoms with Crippen LogP contribution in [0.15, 0.2) is 12.3 Å². The molecule has 0 aromatic carbocycles. The zero-order valence-corrected chi connectivity index (χ0v) is 6.91. The molecule has 0 saturated carbocycles. The Bertz CT molecular complexity index is 399. The molecular weight excluding hydrogens is 168 g/mol. The SMILES string of the molecule is NC(=O)c1cc2c(cn1)CCC2=O. The second kappa shape index (κ2) is 2.65. The molecule has 0 fully saturated rings. The van der Waals surface area contributed by atoms with Crippen molar-refractivity contribution in [3.8, 4) is 0 Å². The Hall–Kier alpha value is -1.71. The number of nitrogens with zero attached hydrogens (tertiary/aromatic N) is 1. The van der Waals surface area contributed by atoms with Crippen LogP contribution in [0.5, 0.6) is 0 Å². The molecule has 1 aromatic rings. The van der Waals surface area contributed by atoms with Crippen LogP contribution in [0.4, 0.5) is 0 Å². The van der Waals surface area contributed by atoms with Crippen molar-refractivity contribution in [2.24, 2.45) is 5.73 Å². The number of ketones is 1. The van der Waals surface area contributed by atoms with Gasteiger partial charge in [0.25, 0.3) is 5.91 Å². The Kier molecular flexibility index (Phi) is 1.62. The summed E-state index contributed by atoms with van der Waals surface area (Å²) in [6.45, 7) is 0. The number of fused-ring (bicyclic) bond motifs is 1. The third-order valence-corrected chi connectivity index (χ3v) is 2.16. The molecule has 0 bridgehead atoms. The van der Waals surface area contributed by atoms with Gasteiger partial charge in [0.15, 0.2) is 5.78 Å². The average Bonchev–Trinajstić information content (AvgIpc) is 2.47. The fraction of sp³-hybridized carbons (Fsp3) is 0.222. The highest BCUT2D eigenvalue weighted by atomic mass is 16.1. The first kappa shape index (κ1) is 7.91. The first-order valence-corrected chi connectivity index (χ1v) is 4.00. The van der Waals surface area contributed by atoms with Crippen LogP contribution in [0.2, 0.25) is 0 Å². The van der Waals surface area contributed by atoms with E-state index in [1.807, 2.05) is 0 Å². The van der Waals surface area contributed by atoms with E-state index in [0.717, 1.165) is 12.0 Å². The number of hydrogen-bond donors (Lipinski definition) is 1. The lowest BCUT2D eigenvalue weighted by molar-refractivity contribution is 0.0993. The van der Waals surface area contributed by atoms with Gasteiger partial charge in [0, 0.05) is 18.2 Å². The second-order valence-corrected chi connectivity index (χ2v) is 3.01. The highest BCUT2D eigenvalue weighted by Gasteiger charge is 2.20. The minimum absolute atomic E-state index is 0.0694. The van der Waals surface area contributed by atoms with E-state index < -0.39 is 5.91 Å². The minimum Gasteiger partial charge on any atom is -0.364 e. The molecule has 1 aliphatic carbocycles. The quantitative estimate of drug-likeness (QED) is 0.669. The number of aryl methyl sites for hydroxylation is 1. The van der Waals surface area contributed by atoms with Gasteiger partial charge in [-0.2, -0.15) is 0 Å². The fourth-order valence-corrected chi connectivity index (χ4v) is 1.46. The Morgan fingerprint density at radius 3 is 2.92 bits per heavy atom. The van der Waals surface area contributed by atoms with E-state index in [1.165, 1.54) is 6.07 Å². The molecule has 0 spiro atoms. The van der Waals surface area contributed by atoms with E-state index in [9.17, 15) is 9.59 Å². The van der Waals surface area contributed by atoms with Crippen LogP contribution in [0, 0.1) is 0 Å². The molecule has 0 atom stereocenters. The van der Waals surface area contributed by atoms with Crippen LogP contribution in [0.1, 0.15) is 32.8 Å². The zero-order valence-electron chi connectivity index (χ0n) is 6.91. The number of carbonyl (C=O) groups is 2. The highest BCUT2D eigenvalue weighted by Crippen LogP contribution is 2.21. The fourth-order valence-electron chi connectivity index (χ4n) is 1.46. The predicted octanol–water partition coefficient (Wildman–Crippen LogP) is 0.309. The number of nitrogens with two attached hydrogens (primary N) is 1. The summed E-state index contributed by atoms with van der Waals surface area (Å²) in [5.41, 5.74) is 6.71. The molecule has 4 nitrogen and oxygen atoms in total. The molecule has 2 rings (SSSR count). The molecule has 66 valence electrons.